The van der Waals surface area contributed by atoms with Crippen LogP contribution in [0.1, 0.15) is 23.7 Å². The lowest BCUT2D eigenvalue weighted by molar-refractivity contribution is 0.0953. The Kier molecular flexibility index (Phi) is 4.23. The average molecular weight is 258 g/mol. The van der Waals surface area contributed by atoms with Crippen molar-refractivity contribution >= 4 is 5.91 Å². The number of rotatable bonds is 4. The van der Waals surface area contributed by atoms with Crippen LogP contribution in [0.5, 0.6) is 0 Å². The molecule has 0 aliphatic carbocycles. The molecule has 19 heavy (non-hydrogen) atoms. The van der Waals surface area contributed by atoms with E-state index in [-0.39, 0.29) is 5.91 Å². The predicted molar refractivity (Wildman–Crippen MR) is 72.3 cm³/mol. The summed E-state index contributed by atoms with van der Waals surface area (Å²) in [6.45, 7) is 2.62. The van der Waals surface area contributed by atoms with Crippen LogP contribution in [-0.2, 0) is 0 Å². The molecule has 3 nitrogen and oxygen atoms in total. The highest BCUT2D eigenvalue weighted by Gasteiger charge is 2.08. The van der Waals surface area contributed by atoms with Gasteiger partial charge >= 0.3 is 0 Å². The first-order chi connectivity index (χ1) is 9.22. The van der Waals surface area contributed by atoms with E-state index in [9.17, 15) is 9.18 Å². The van der Waals surface area contributed by atoms with Crippen LogP contribution in [0, 0.1) is 5.82 Å². The van der Waals surface area contributed by atoms with Crippen LogP contribution in [0.25, 0.3) is 11.1 Å². The molecule has 1 N–H and O–H groups in total. The van der Waals surface area contributed by atoms with Gasteiger partial charge in [0.25, 0.3) is 5.91 Å². The van der Waals surface area contributed by atoms with Crippen molar-refractivity contribution in [3.63, 3.8) is 0 Å². The van der Waals surface area contributed by atoms with Gasteiger partial charge in [0.15, 0.2) is 0 Å². The number of amides is 1. The van der Waals surface area contributed by atoms with Gasteiger partial charge in [0, 0.05) is 23.9 Å². The third-order valence-electron chi connectivity index (χ3n) is 2.74. The van der Waals surface area contributed by atoms with Crippen molar-refractivity contribution in [3.8, 4) is 11.1 Å². The third kappa shape index (κ3) is 3.16. The lowest BCUT2D eigenvalue weighted by atomic mass is 10.0. The maximum Gasteiger partial charge on any atom is 0.251 e. The van der Waals surface area contributed by atoms with Crippen LogP contribution in [0.4, 0.5) is 4.39 Å². The van der Waals surface area contributed by atoms with E-state index in [0.717, 1.165) is 6.42 Å². The van der Waals surface area contributed by atoms with Crippen LogP contribution in [0.15, 0.2) is 42.7 Å². The van der Waals surface area contributed by atoms with Gasteiger partial charge in [-0.1, -0.05) is 19.1 Å². The fourth-order valence-corrected chi connectivity index (χ4v) is 1.78. The summed E-state index contributed by atoms with van der Waals surface area (Å²) in [6.07, 6.45) is 3.58. The summed E-state index contributed by atoms with van der Waals surface area (Å²) in [5.41, 5.74) is 1.64. The van der Waals surface area contributed by atoms with Crippen molar-refractivity contribution in [1.82, 2.24) is 10.3 Å². The lowest BCUT2D eigenvalue weighted by Gasteiger charge is -2.07. The fraction of sp³-hybridized carbons (Fsp3) is 0.200. The number of hydrogen-bond donors (Lipinski definition) is 1. The molecule has 1 aromatic heterocycles. The number of pyridine rings is 1. The minimum atomic E-state index is -0.395. The number of aromatic nitrogens is 1. The standard InChI is InChI=1S/C15H15FN2O/c1-2-7-18-15(19)12-5-3-4-11(9-12)13-6-8-17-10-14(13)16/h3-6,8-10H,2,7H2,1H3,(H,18,19). The summed E-state index contributed by atoms with van der Waals surface area (Å²) in [4.78, 5) is 15.6. The van der Waals surface area contributed by atoms with Gasteiger partial charge in [-0.2, -0.15) is 0 Å². The molecule has 0 radical (unpaired) electrons. The van der Waals surface area contributed by atoms with E-state index in [4.69, 9.17) is 0 Å². The van der Waals surface area contributed by atoms with Gasteiger partial charge in [-0.05, 0) is 30.2 Å². The molecule has 0 spiro atoms. The molecule has 0 saturated carbocycles. The van der Waals surface area contributed by atoms with Crippen LogP contribution in [-0.4, -0.2) is 17.4 Å². The molecule has 98 valence electrons. The molecule has 1 amide bonds. The van der Waals surface area contributed by atoms with Crippen molar-refractivity contribution in [1.29, 1.82) is 0 Å². The number of nitrogens with zero attached hydrogens (tertiary/aromatic N) is 1. The van der Waals surface area contributed by atoms with E-state index >= 15 is 0 Å². The number of halogens is 1. The molecule has 1 heterocycles. The first-order valence-corrected chi connectivity index (χ1v) is 6.20. The quantitative estimate of drug-likeness (QED) is 0.915. The molecular weight excluding hydrogens is 243 g/mol. The summed E-state index contributed by atoms with van der Waals surface area (Å²) < 4.78 is 13.6. The molecule has 2 aromatic rings. The Labute approximate surface area is 111 Å². The monoisotopic (exact) mass is 258 g/mol. The number of carbonyl (C=O) groups is 1. The van der Waals surface area contributed by atoms with Crippen molar-refractivity contribution in [2.45, 2.75) is 13.3 Å². The van der Waals surface area contributed by atoms with Gasteiger partial charge in [-0.15, -0.1) is 0 Å². The van der Waals surface area contributed by atoms with Crippen molar-refractivity contribution < 1.29 is 9.18 Å². The van der Waals surface area contributed by atoms with E-state index in [1.807, 2.05) is 6.92 Å². The minimum Gasteiger partial charge on any atom is -0.352 e. The molecule has 0 aliphatic heterocycles. The molecule has 1 aromatic carbocycles. The Bertz CT molecular complexity index is 584. The number of hydrogen-bond acceptors (Lipinski definition) is 2. The summed E-state index contributed by atoms with van der Waals surface area (Å²) in [5, 5.41) is 2.80. The maximum atomic E-state index is 13.6. The number of carbonyl (C=O) groups excluding carboxylic acids is 1. The van der Waals surface area contributed by atoms with E-state index in [2.05, 4.69) is 10.3 Å². The van der Waals surface area contributed by atoms with E-state index < -0.39 is 5.82 Å². The summed E-state index contributed by atoms with van der Waals surface area (Å²) in [5.74, 6) is -0.535. The largest absolute Gasteiger partial charge is 0.352 e. The zero-order valence-electron chi connectivity index (χ0n) is 10.7. The van der Waals surface area contributed by atoms with Crippen LogP contribution in [0.3, 0.4) is 0 Å². The molecule has 4 heteroatoms. The Hall–Kier alpha value is -2.23. The minimum absolute atomic E-state index is 0.141. The maximum absolute atomic E-state index is 13.6. The Morgan fingerprint density at radius 3 is 2.95 bits per heavy atom. The number of nitrogens with one attached hydrogen (secondary N) is 1. The SMILES string of the molecule is CCCNC(=O)c1cccc(-c2ccncc2F)c1. The second-order valence-corrected chi connectivity index (χ2v) is 4.19. The Balaban J connectivity index is 2.30. The van der Waals surface area contributed by atoms with E-state index in [1.54, 1.807) is 30.3 Å². The zero-order valence-corrected chi connectivity index (χ0v) is 10.7. The van der Waals surface area contributed by atoms with Crippen LogP contribution in [0.2, 0.25) is 0 Å². The molecular formula is C15H15FN2O. The molecule has 0 atom stereocenters. The van der Waals surface area contributed by atoms with Crippen molar-refractivity contribution in [3.05, 3.63) is 54.1 Å². The second kappa shape index (κ2) is 6.09. The highest BCUT2D eigenvalue weighted by Crippen LogP contribution is 2.22. The molecule has 0 unspecified atom stereocenters. The molecule has 0 saturated heterocycles. The molecule has 0 aliphatic rings. The average Bonchev–Trinajstić information content (AvgIpc) is 2.45. The Morgan fingerprint density at radius 1 is 1.37 bits per heavy atom. The normalized spacial score (nSPS) is 10.2. The molecule has 0 bridgehead atoms. The third-order valence-corrected chi connectivity index (χ3v) is 2.74. The highest BCUT2D eigenvalue weighted by molar-refractivity contribution is 5.95. The zero-order chi connectivity index (χ0) is 13.7. The van der Waals surface area contributed by atoms with Gasteiger partial charge in [-0.25, -0.2) is 4.39 Å². The summed E-state index contributed by atoms with van der Waals surface area (Å²) >= 11 is 0. The lowest BCUT2D eigenvalue weighted by Crippen LogP contribution is -2.23. The molecule has 2 rings (SSSR count). The van der Waals surface area contributed by atoms with Crippen LogP contribution < -0.4 is 5.32 Å². The van der Waals surface area contributed by atoms with Crippen molar-refractivity contribution in [2.24, 2.45) is 0 Å². The van der Waals surface area contributed by atoms with Gasteiger partial charge in [-0.3, -0.25) is 9.78 Å². The summed E-state index contributed by atoms with van der Waals surface area (Å²) in [6, 6.07) is 8.51. The second-order valence-electron chi connectivity index (χ2n) is 4.19. The smallest absolute Gasteiger partial charge is 0.251 e. The first kappa shape index (κ1) is 13.2. The van der Waals surface area contributed by atoms with Crippen LogP contribution >= 0.6 is 0 Å². The topological polar surface area (TPSA) is 42.0 Å². The van der Waals surface area contributed by atoms with Gasteiger partial charge in [0.1, 0.15) is 5.82 Å². The molecule has 0 fully saturated rings. The van der Waals surface area contributed by atoms with Crippen molar-refractivity contribution in [2.75, 3.05) is 6.54 Å². The van der Waals surface area contributed by atoms with Gasteiger partial charge < -0.3 is 5.32 Å². The Morgan fingerprint density at radius 2 is 2.21 bits per heavy atom. The highest BCUT2D eigenvalue weighted by atomic mass is 19.1. The predicted octanol–water partition coefficient (Wildman–Crippen LogP) is 3.03. The van der Waals surface area contributed by atoms with Gasteiger partial charge in [0.05, 0.1) is 6.20 Å². The number of benzene rings is 1. The van der Waals surface area contributed by atoms with Gasteiger partial charge in [0.2, 0.25) is 0 Å². The fourth-order valence-electron chi connectivity index (χ4n) is 1.78. The first-order valence-electron chi connectivity index (χ1n) is 6.20. The van der Waals surface area contributed by atoms with E-state index in [0.29, 0.717) is 23.2 Å². The van der Waals surface area contributed by atoms with E-state index in [1.165, 1.54) is 12.4 Å². The summed E-state index contributed by atoms with van der Waals surface area (Å²) in [7, 11) is 0.